The normalized spacial score (nSPS) is 10.6. The van der Waals surface area contributed by atoms with Crippen molar-refractivity contribution in [1.82, 2.24) is 15.2 Å². The van der Waals surface area contributed by atoms with Crippen LogP contribution in [0.2, 0.25) is 0 Å². The summed E-state index contributed by atoms with van der Waals surface area (Å²) in [7, 11) is 0. The Bertz CT molecular complexity index is 728. The molecule has 22 heavy (non-hydrogen) atoms. The van der Waals surface area contributed by atoms with Gasteiger partial charge in [-0.1, -0.05) is 55.1 Å². The van der Waals surface area contributed by atoms with Gasteiger partial charge in [0.1, 0.15) is 17.3 Å². The average molecular weight is 311 g/mol. The lowest BCUT2D eigenvalue weighted by Crippen LogP contribution is -1.95. The highest BCUT2D eigenvalue weighted by atomic mass is 32.2. The van der Waals surface area contributed by atoms with E-state index in [1.54, 1.807) is 11.8 Å². The van der Waals surface area contributed by atoms with Crippen LogP contribution in [0.15, 0.2) is 59.8 Å². The van der Waals surface area contributed by atoms with Gasteiger partial charge in [0, 0.05) is 12.0 Å². The van der Waals surface area contributed by atoms with Gasteiger partial charge in [0.2, 0.25) is 5.16 Å². The Morgan fingerprint density at radius 1 is 1.05 bits per heavy atom. The minimum atomic E-state index is 0.667. The number of nitrogens with one attached hydrogen (secondary N) is 1. The molecule has 0 aliphatic carbocycles. The summed E-state index contributed by atoms with van der Waals surface area (Å²) in [6, 6.07) is 17.8. The van der Waals surface area contributed by atoms with E-state index in [1.807, 2.05) is 54.6 Å². The second-order valence-corrected chi connectivity index (χ2v) is 5.93. The highest BCUT2D eigenvalue weighted by molar-refractivity contribution is 7.99. The minimum absolute atomic E-state index is 0.667. The third kappa shape index (κ3) is 3.68. The Balaban J connectivity index is 1.78. The Morgan fingerprint density at radius 2 is 1.82 bits per heavy atom. The number of rotatable bonds is 6. The number of thioether (sulfide) groups is 1. The van der Waals surface area contributed by atoms with E-state index in [9.17, 15) is 0 Å². The van der Waals surface area contributed by atoms with E-state index < -0.39 is 0 Å². The fraction of sp³-hybridized carbons (Fsp3) is 0.176. The summed E-state index contributed by atoms with van der Waals surface area (Å²) in [5.74, 6) is 3.48. The highest BCUT2D eigenvalue weighted by Crippen LogP contribution is 2.26. The summed E-state index contributed by atoms with van der Waals surface area (Å²) in [5.41, 5.74) is 1.08. The molecule has 112 valence electrons. The van der Waals surface area contributed by atoms with E-state index in [4.69, 9.17) is 4.74 Å². The number of hydrogen-bond donors (Lipinski definition) is 1. The average Bonchev–Trinajstić information content (AvgIpc) is 2.98. The number of ether oxygens (including phenoxy) is 1. The van der Waals surface area contributed by atoms with Crippen LogP contribution in [-0.4, -0.2) is 20.9 Å². The molecule has 0 aliphatic rings. The van der Waals surface area contributed by atoms with Crippen LogP contribution in [0.5, 0.6) is 11.5 Å². The summed E-state index contributed by atoms with van der Waals surface area (Å²) in [6.45, 7) is 2.09. The van der Waals surface area contributed by atoms with Gasteiger partial charge in [-0.3, -0.25) is 5.10 Å². The maximum atomic E-state index is 5.97. The first-order chi connectivity index (χ1) is 10.8. The molecule has 3 rings (SSSR count). The first-order valence-corrected chi connectivity index (χ1v) is 8.18. The molecule has 1 heterocycles. The van der Waals surface area contributed by atoms with Crippen molar-refractivity contribution in [3.8, 4) is 11.5 Å². The molecule has 0 aliphatic heterocycles. The molecule has 2 aromatic carbocycles. The Labute approximate surface area is 133 Å². The summed E-state index contributed by atoms with van der Waals surface area (Å²) in [6.07, 6.45) is 0.667. The predicted molar refractivity (Wildman–Crippen MR) is 88.5 cm³/mol. The Hall–Kier alpha value is -2.27. The number of aromatic amines is 1. The van der Waals surface area contributed by atoms with E-state index in [0.717, 1.165) is 33.8 Å². The van der Waals surface area contributed by atoms with Crippen LogP contribution in [0.3, 0.4) is 0 Å². The van der Waals surface area contributed by atoms with Crippen molar-refractivity contribution in [1.29, 1.82) is 0 Å². The van der Waals surface area contributed by atoms with Crippen LogP contribution in [0.25, 0.3) is 0 Å². The first-order valence-electron chi connectivity index (χ1n) is 7.20. The summed E-state index contributed by atoms with van der Waals surface area (Å²) >= 11 is 1.63. The number of hydrogen-bond acceptors (Lipinski definition) is 4. The van der Waals surface area contributed by atoms with Gasteiger partial charge in [-0.2, -0.15) is 0 Å². The quantitative estimate of drug-likeness (QED) is 0.690. The molecule has 0 unspecified atom stereocenters. The maximum absolute atomic E-state index is 5.97. The molecule has 0 bridgehead atoms. The van der Waals surface area contributed by atoms with Crippen LogP contribution >= 0.6 is 11.8 Å². The summed E-state index contributed by atoms with van der Waals surface area (Å²) in [5, 5.41) is 7.99. The van der Waals surface area contributed by atoms with E-state index in [-0.39, 0.29) is 0 Å². The van der Waals surface area contributed by atoms with Crippen molar-refractivity contribution < 1.29 is 4.74 Å². The van der Waals surface area contributed by atoms with E-state index in [2.05, 4.69) is 22.1 Å². The molecule has 0 saturated heterocycles. The smallest absolute Gasteiger partial charge is 0.208 e. The fourth-order valence-corrected chi connectivity index (χ4v) is 2.64. The van der Waals surface area contributed by atoms with Gasteiger partial charge < -0.3 is 4.74 Å². The molecular weight excluding hydrogens is 294 g/mol. The summed E-state index contributed by atoms with van der Waals surface area (Å²) in [4.78, 5) is 4.48. The van der Waals surface area contributed by atoms with E-state index >= 15 is 0 Å². The monoisotopic (exact) mass is 311 g/mol. The number of aromatic nitrogens is 3. The van der Waals surface area contributed by atoms with Gasteiger partial charge in [-0.05, 0) is 24.0 Å². The second-order valence-electron chi connectivity index (χ2n) is 4.70. The second kappa shape index (κ2) is 7.13. The molecule has 0 atom stereocenters. The van der Waals surface area contributed by atoms with Gasteiger partial charge in [0.15, 0.2) is 0 Å². The maximum Gasteiger partial charge on any atom is 0.208 e. The Morgan fingerprint density at radius 3 is 2.64 bits per heavy atom. The molecule has 0 radical (unpaired) electrons. The lowest BCUT2D eigenvalue weighted by Gasteiger charge is -2.10. The van der Waals surface area contributed by atoms with Crippen molar-refractivity contribution >= 4 is 11.8 Å². The zero-order valence-electron chi connectivity index (χ0n) is 12.3. The number of nitrogens with zero attached hydrogens (tertiary/aromatic N) is 2. The van der Waals surface area contributed by atoms with Crippen LogP contribution in [-0.2, 0) is 6.42 Å². The zero-order chi connectivity index (χ0) is 15.2. The molecule has 4 nitrogen and oxygen atoms in total. The predicted octanol–water partition coefficient (Wildman–Crippen LogP) is 4.30. The summed E-state index contributed by atoms with van der Waals surface area (Å²) < 4.78 is 5.97. The number of para-hydroxylation sites is 2. The lowest BCUT2D eigenvalue weighted by atomic mass is 10.1. The minimum Gasteiger partial charge on any atom is -0.457 e. The molecule has 0 spiro atoms. The van der Waals surface area contributed by atoms with E-state index in [0.29, 0.717) is 6.42 Å². The van der Waals surface area contributed by atoms with Crippen molar-refractivity contribution in [3.63, 3.8) is 0 Å². The molecule has 1 N–H and O–H groups in total. The van der Waals surface area contributed by atoms with Crippen molar-refractivity contribution in [2.75, 3.05) is 5.75 Å². The fourth-order valence-electron chi connectivity index (χ4n) is 2.10. The molecule has 0 saturated carbocycles. The molecule has 1 aromatic heterocycles. The van der Waals surface area contributed by atoms with Gasteiger partial charge in [0.25, 0.3) is 0 Å². The Kier molecular flexibility index (Phi) is 4.75. The highest BCUT2D eigenvalue weighted by Gasteiger charge is 2.09. The third-order valence-electron chi connectivity index (χ3n) is 3.09. The van der Waals surface area contributed by atoms with Gasteiger partial charge >= 0.3 is 0 Å². The lowest BCUT2D eigenvalue weighted by molar-refractivity contribution is 0.477. The zero-order valence-corrected chi connectivity index (χ0v) is 13.1. The van der Waals surface area contributed by atoms with Crippen LogP contribution in [0.4, 0.5) is 0 Å². The number of benzene rings is 2. The molecule has 3 aromatic rings. The topological polar surface area (TPSA) is 50.8 Å². The molecule has 0 amide bonds. The van der Waals surface area contributed by atoms with Crippen LogP contribution < -0.4 is 4.74 Å². The molecule has 5 heteroatoms. The van der Waals surface area contributed by atoms with Crippen molar-refractivity contribution in [3.05, 3.63) is 66.0 Å². The van der Waals surface area contributed by atoms with Gasteiger partial charge in [0.05, 0.1) is 0 Å². The van der Waals surface area contributed by atoms with Crippen molar-refractivity contribution in [2.45, 2.75) is 18.5 Å². The standard InChI is InChI=1S/C17H17N3OS/c1-2-22-17-18-16(19-20-17)12-13-8-6-7-11-15(13)21-14-9-4-3-5-10-14/h3-11H,2,12H2,1H3,(H,18,19,20). The van der Waals surface area contributed by atoms with Crippen molar-refractivity contribution in [2.24, 2.45) is 0 Å². The molecular formula is C17H17N3OS. The molecule has 0 fully saturated rings. The first kappa shape index (κ1) is 14.7. The largest absolute Gasteiger partial charge is 0.457 e. The van der Waals surface area contributed by atoms with Crippen LogP contribution in [0.1, 0.15) is 18.3 Å². The van der Waals surface area contributed by atoms with Gasteiger partial charge in [-0.25, -0.2) is 4.98 Å². The van der Waals surface area contributed by atoms with Gasteiger partial charge in [-0.15, -0.1) is 5.10 Å². The third-order valence-corrected chi connectivity index (χ3v) is 3.82. The number of H-pyrrole nitrogens is 1. The van der Waals surface area contributed by atoms with Crippen LogP contribution in [0, 0.1) is 0 Å². The van der Waals surface area contributed by atoms with E-state index in [1.165, 1.54) is 0 Å². The SMILES string of the molecule is CCSc1n[nH]c(Cc2ccccc2Oc2ccccc2)n1.